The number of hydrogen-bond acceptors (Lipinski definition) is 5. The number of rotatable bonds is 8. The summed E-state index contributed by atoms with van der Waals surface area (Å²) in [6.07, 6.45) is 2.95. The van der Waals surface area contributed by atoms with Crippen LogP contribution in [0.2, 0.25) is 0 Å². The van der Waals surface area contributed by atoms with Gasteiger partial charge in [0.15, 0.2) is 5.96 Å². The van der Waals surface area contributed by atoms with Crippen molar-refractivity contribution in [2.45, 2.75) is 60.2 Å². The van der Waals surface area contributed by atoms with Gasteiger partial charge in [0, 0.05) is 30.7 Å². The largest absolute Gasteiger partial charge is 0.475 e. The zero-order valence-electron chi connectivity index (χ0n) is 17.2. The molecule has 0 saturated heterocycles. The van der Waals surface area contributed by atoms with E-state index in [2.05, 4.69) is 53.3 Å². The minimum Gasteiger partial charge on any atom is -0.475 e. The summed E-state index contributed by atoms with van der Waals surface area (Å²) < 4.78 is 5.93. The monoisotopic (exact) mass is 389 g/mol. The summed E-state index contributed by atoms with van der Waals surface area (Å²) in [7, 11) is 1.77. The van der Waals surface area contributed by atoms with E-state index in [1.165, 1.54) is 4.88 Å². The van der Waals surface area contributed by atoms with Gasteiger partial charge in [0.1, 0.15) is 5.01 Å². The lowest BCUT2D eigenvalue weighted by Crippen LogP contribution is -2.36. The van der Waals surface area contributed by atoms with Crippen LogP contribution in [0.1, 0.15) is 48.3 Å². The molecule has 0 radical (unpaired) electrons. The highest BCUT2D eigenvalue weighted by atomic mass is 32.1. The Morgan fingerprint density at radius 2 is 1.96 bits per heavy atom. The van der Waals surface area contributed by atoms with Crippen LogP contribution >= 0.6 is 11.3 Å². The van der Waals surface area contributed by atoms with Gasteiger partial charge in [0.25, 0.3) is 0 Å². The number of nitrogens with zero attached hydrogens (tertiary/aromatic N) is 3. The summed E-state index contributed by atoms with van der Waals surface area (Å²) in [4.78, 5) is 14.4. The maximum absolute atomic E-state index is 5.93. The zero-order valence-corrected chi connectivity index (χ0v) is 18.0. The molecule has 148 valence electrons. The molecule has 1 atom stereocenters. The number of hydrogen-bond donors (Lipinski definition) is 2. The van der Waals surface area contributed by atoms with Gasteiger partial charge < -0.3 is 15.4 Å². The second-order valence-corrected chi connectivity index (χ2v) is 8.38. The van der Waals surface area contributed by atoms with E-state index in [4.69, 9.17) is 4.74 Å². The van der Waals surface area contributed by atoms with Crippen molar-refractivity contribution in [2.24, 2.45) is 10.9 Å². The van der Waals surface area contributed by atoms with Gasteiger partial charge in [-0.2, -0.15) is 0 Å². The molecular formula is C20H31N5OS. The van der Waals surface area contributed by atoms with E-state index in [1.807, 2.05) is 19.1 Å². The third-order valence-corrected chi connectivity index (χ3v) is 5.16. The molecule has 0 amide bonds. The third-order valence-electron chi connectivity index (χ3n) is 4.09. The molecule has 2 aromatic heterocycles. The number of nitrogens with one attached hydrogen (secondary N) is 2. The Labute approximate surface area is 166 Å². The lowest BCUT2D eigenvalue weighted by Gasteiger charge is -2.16. The van der Waals surface area contributed by atoms with Crippen molar-refractivity contribution in [2.75, 3.05) is 7.05 Å². The molecule has 1 unspecified atom stereocenters. The Morgan fingerprint density at radius 1 is 1.22 bits per heavy atom. The normalized spacial score (nSPS) is 12.9. The minimum atomic E-state index is 0.153. The molecule has 2 N–H and O–H groups in total. The first-order chi connectivity index (χ1) is 12.9. The Balaban J connectivity index is 1.85. The van der Waals surface area contributed by atoms with Crippen LogP contribution in [0, 0.1) is 19.8 Å². The average molecular weight is 390 g/mol. The molecule has 2 rings (SSSR count). The predicted molar refractivity (Wildman–Crippen MR) is 112 cm³/mol. The van der Waals surface area contributed by atoms with Crippen molar-refractivity contribution in [3.8, 4) is 5.88 Å². The second kappa shape index (κ2) is 10.3. The molecule has 0 aliphatic heterocycles. The Hall–Kier alpha value is -2.15. The molecule has 0 fully saturated rings. The van der Waals surface area contributed by atoms with Crippen LogP contribution in [-0.4, -0.2) is 29.1 Å². The van der Waals surface area contributed by atoms with Gasteiger partial charge in [0.05, 0.1) is 18.3 Å². The van der Waals surface area contributed by atoms with Crippen molar-refractivity contribution in [3.05, 3.63) is 39.5 Å². The highest BCUT2D eigenvalue weighted by Crippen LogP contribution is 2.16. The topological polar surface area (TPSA) is 71.4 Å². The van der Waals surface area contributed by atoms with E-state index in [0.717, 1.165) is 28.6 Å². The van der Waals surface area contributed by atoms with Gasteiger partial charge in [0.2, 0.25) is 5.88 Å². The van der Waals surface area contributed by atoms with Crippen molar-refractivity contribution >= 4 is 17.3 Å². The summed E-state index contributed by atoms with van der Waals surface area (Å²) in [5.41, 5.74) is 2.19. The molecule has 6 nitrogen and oxygen atoms in total. The fourth-order valence-electron chi connectivity index (χ4n) is 2.72. The van der Waals surface area contributed by atoms with E-state index in [1.54, 1.807) is 24.6 Å². The predicted octanol–water partition coefficient (Wildman–Crippen LogP) is 3.83. The lowest BCUT2D eigenvalue weighted by atomic mass is 10.1. The Bertz CT molecular complexity index is 737. The van der Waals surface area contributed by atoms with Crippen LogP contribution in [0.4, 0.5) is 0 Å². The molecule has 0 saturated carbocycles. The molecule has 2 heterocycles. The van der Waals surface area contributed by atoms with E-state index < -0.39 is 0 Å². The van der Waals surface area contributed by atoms with Crippen LogP contribution in [0.25, 0.3) is 0 Å². The van der Waals surface area contributed by atoms with Crippen LogP contribution in [0.3, 0.4) is 0 Å². The fraction of sp³-hybridized carbons (Fsp3) is 0.550. The average Bonchev–Trinajstić information content (AvgIpc) is 2.92. The Morgan fingerprint density at radius 3 is 2.59 bits per heavy atom. The summed E-state index contributed by atoms with van der Waals surface area (Å²) in [5, 5.41) is 7.69. The Kier molecular flexibility index (Phi) is 8.03. The quantitative estimate of drug-likeness (QED) is 0.530. The van der Waals surface area contributed by atoms with Crippen molar-refractivity contribution in [1.29, 1.82) is 0 Å². The van der Waals surface area contributed by atoms with Gasteiger partial charge in [-0.25, -0.2) is 9.97 Å². The molecule has 0 aromatic carbocycles. The van der Waals surface area contributed by atoms with E-state index >= 15 is 0 Å². The fourth-order valence-corrected chi connectivity index (χ4v) is 3.60. The van der Waals surface area contributed by atoms with Crippen LogP contribution in [-0.2, 0) is 13.1 Å². The number of pyridine rings is 1. The molecule has 2 aromatic rings. The summed E-state index contributed by atoms with van der Waals surface area (Å²) >= 11 is 1.71. The molecule has 0 bridgehead atoms. The standard InChI is InChI=1S/C20H31N5OS/c1-13(2)9-14(3)26-18-10-17(7-8-22-18)11-23-20(21-6)24-12-19-25-15(4)16(5)27-19/h7-8,10,13-14H,9,11-12H2,1-6H3,(H2,21,23,24). The number of ether oxygens (including phenoxy) is 1. The highest BCUT2D eigenvalue weighted by molar-refractivity contribution is 7.11. The maximum atomic E-state index is 5.93. The maximum Gasteiger partial charge on any atom is 0.213 e. The van der Waals surface area contributed by atoms with Gasteiger partial charge in [-0.05, 0) is 44.7 Å². The minimum absolute atomic E-state index is 0.153. The SMILES string of the molecule is CN=C(NCc1ccnc(OC(C)CC(C)C)c1)NCc1nc(C)c(C)s1. The number of guanidine groups is 1. The van der Waals surface area contributed by atoms with E-state index in [9.17, 15) is 0 Å². The zero-order chi connectivity index (χ0) is 19.8. The molecule has 0 spiro atoms. The van der Waals surface area contributed by atoms with Crippen molar-refractivity contribution < 1.29 is 4.74 Å². The van der Waals surface area contributed by atoms with Crippen LogP contribution < -0.4 is 15.4 Å². The second-order valence-electron chi connectivity index (χ2n) is 7.09. The summed E-state index contributed by atoms with van der Waals surface area (Å²) in [6.45, 7) is 11.9. The van der Waals surface area contributed by atoms with Crippen LogP contribution in [0.15, 0.2) is 23.3 Å². The first-order valence-electron chi connectivity index (χ1n) is 9.36. The molecule has 27 heavy (non-hydrogen) atoms. The van der Waals surface area contributed by atoms with Gasteiger partial charge in [-0.15, -0.1) is 11.3 Å². The number of thiazole rings is 1. The highest BCUT2D eigenvalue weighted by Gasteiger charge is 2.09. The third kappa shape index (κ3) is 7.17. The first-order valence-corrected chi connectivity index (χ1v) is 10.2. The van der Waals surface area contributed by atoms with Crippen molar-refractivity contribution in [3.63, 3.8) is 0 Å². The van der Waals surface area contributed by atoms with Gasteiger partial charge in [-0.3, -0.25) is 4.99 Å². The van der Waals surface area contributed by atoms with Gasteiger partial charge >= 0.3 is 0 Å². The first kappa shape index (κ1) is 21.2. The van der Waals surface area contributed by atoms with E-state index in [0.29, 0.717) is 24.9 Å². The van der Waals surface area contributed by atoms with Crippen LogP contribution in [0.5, 0.6) is 5.88 Å². The molecule has 0 aliphatic carbocycles. The molecule has 0 aliphatic rings. The number of aromatic nitrogens is 2. The number of aryl methyl sites for hydroxylation is 2. The molecular weight excluding hydrogens is 358 g/mol. The van der Waals surface area contributed by atoms with E-state index in [-0.39, 0.29) is 6.10 Å². The summed E-state index contributed by atoms with van der Waals surface area (Å²) in [6, 6.07) is 3.96. The molecule has 7 heteroatoms. The van der Waals surface area contributed by atoms with Gasteiger partial charge in [-0.1, -0.05) is 13.8 Å². The lowest BCUT2D eigenvalue weighted by molar-refractivity contribution is 0.185. The summed E-state index contributed by atoms with van der Waals surface area (Å²) in [5.74, 6) is 2.01. The number of aliphatic imine (C=N–C) groups is 1. The van der Waals surface area contributed by atoms with Crippen molar-refractivity contribution in [1.82, 2.24) is 20.6 Å². The smallest absolute Gasteiger partial charge is 0.213 e.